The summed E-state index contributed by atoms with van der Waals surface area (Å²) in [6.07, 6.45) is 0. The zero-order valence-corrected chi connectivity index (χ0v) is 9.35. The lowest BCUT2D eigenvalue weighted by Gasteiger charge is -2.03. The lowest BCUT2D eigenvalue weighted by molar-refractivity contribution is 1.03. The molecule has 0 aliphatic heterocycles. The van der Waals surface area contributed by atoms with E-state index in [1.165, 1.54) is 0 Å². The van der Waals surface area contributed by atoms with Crippen LogP contribution in [-0.4, -0.2) is 9.97 Å². The van der Waals surface area contributed by atoms with Crippen molar-refractivity contribution in [2.75, 3.05) is 0 Å². The number of hydrogen-bond acceptors (Lipinski definition) is 2. The number of nitrogens with zero attached hydrogens (tertiary/aromatic N) is 1. The van der Waals surface area contributed by atoms with Gasteiger partial charge in [-0.1, -0.05) is 0 Å². The van der Waals surface area contributed by atoms with Crippen molar-refractivity contribution in [2.24, 2.45) is 0 Å². The van der Waals surface area contributed by atoms with E-state index in [0.29, 0.717) is 16.7 Å². The van der Waals surface area contributed by atoms with Gasteiger partial charge in [-0.05, 0) is 37.1 Å². The van der Waals surface area contributed by atoms with Gasteiger partial charge in [0.05, 0.1) is 16.8 Å². The number of aromatic amines is 1. The molecule has 0 aliphatic rings. The summed E-state index contributed by atoms with van der Waals surface area (Å²) in [5.41, 5.74) is 2.80. The van der Waals surface area contributed by atoms with Crippen molar-refractivity contribution in [3.63, 3.8) is 0 Å². The second-order valence-electron chi connectivity index (χ2n) is 3.60. The lowest BCUT2D eigenvalue weighted by atomic mass is 10.1. The van der Waals surface area contributed by atoms with E-state index >= 15 is 0 Å². The van der Waals surface area contributed by atoms with Crippen molar-refractivity contribution >= 4 is 22.5 Å². The topological polar surface area (TPSA) is 45.8 Å². The Morgan fingerprint density at radius 3 is 2.67 bits per heavy atom. The van der Waals surface area contributed by atoms with Crippen LogP contribution in [0, 0.1) is 13.8 Å². The molecule has 0 atom stereocenters. The van der Waals surface area contributed by atoms with E-state index in [4.69, 9.17) is 11.6 Å². The van der Waals surface area contributed by atoms with Gasteiger partial charge in [-0.2, -0.15) is 0 Å². The molecule has 1 N–H and O–H groups in total. The molecule has 0 saturated heterocycles. The lowest BCUT2D eigenvalue weighted by Crippen LogP contribution is -2.11. The second-order valence-corrected chi connectivity index (χ2v) is 3.87. The summed E-state index contributed by atoms with van der Waals surface area (Å²) in [5, 5.41) is 0.618. The van der Waals surface area contributed by atoms with Gasteiger partial charge in [0.15, 0.2) is 0 Å². The minimum Gasteiger partial charge on any atom is -0.309 e. The minimum absolute atomic E-state index is 0.126. The minimum atomic E-state index is -0.126. The summed E-state index contributed by atoms with van der Waals surface area (Å²) in [7, 11) is 0. The first-order chi connectivity index (χ1) is 7.11. The molecule has 0 amide bonds. The van der Waals surface area contributed by atoms with Crippen molar-refractivity contribution in [3.05, 3.63) is 39.4 Å². The molecule has 0 spiro atoms. The highest BCUT2D eigenvalue weighted by molar-refractivity contribution is 6.16. The standard InChI is InChI=1S/C11H11ClN2O/c1-6-3-8-9(4-7(6)2)13-10(5-12)14-11(8)15/h3-4H,5H2,1-2H3,(H,13,14,15). The second kappa shape index (κ2) is 3.66. The van der Waals surface area contributed by atoms with Gasteiger partial charge in [-0.15, -0.1) is 11.6 Å². The predicted octanol–water partition coefficient (Wildman–Crippen LogP) is 2.28. The van der Waals surface area contributed by atoms with Gasteiger partial charge in [-0.25, -0.2) is 4.98 Å². The quantitative estimate of drug-likeness (QED) is 0.753. The van der Waals surface area contributed by atoms with E-state index in [2.05, 4.69) is 9.97 Å². The fourth-order valence-electron chi connectivity index (χ4n) is 1.51. The summed E-state index contributed by atoms with van der Waals surface area (Å²) in [4.78, 5) is 18.6. The van der Waals surface area contributed by atoms with Crippen LogP contribution in [0.15, 0.2) is 16.9 Å². The zero-order chi connectivity index (χ0) is 11.0. The molecule has 1 aromatic carbocycles. The molecule has 2 rings (SSSR count). The van der Waals surface area contributed by atoms with Crippen LogP contribution in [-0.2, 0) is 5.88 Å². The monoisotopic (exact) mass is 222 g/mol. The molecule has 0 fully saturated rings. The number of aromatic nitrogens is 2. The number of benzene rings is 1. The molecule has 1 aromatic heterocycles. The first-order valence-corrected chi connectivity index (χ1v) is 5.21. The van der Waals surface area contributed by atoms with Gasteiger partial charge in [0.25, 0.3) is 5.56 Å². The molecule has 0 radical (unpaired) electrons. The Morgan fingerprint density at radius 2 is 2.00 bits per heavy atom. The van der Waals surface area contributed by atoms with Crippen LogP contribution in [0.25, 0.3) is 10.9 Å². The number of nitrogens with one attached hydrogen (secondary N) is 1. The average Bonchev–Trinajstić information content (AvgIpc) is 2.21. The Labute approximate surface area is 92.1 Å². The van der Waals surface area contributed by atoms with Crippen molar-refractivity contribution in [1.82, 2.24) is 9.97 Å². The molecule has 3 nitrogen and oxygen atoms in total. The van der Waals surface area contributed by atoms with E-state index in [-0.39, 0.29) is 11.4 Å². The highest BCUT2D eigenvalue weighted by atomic mass is 35.5. The average molecular weight is 223 g/mol. The summed E-state index contributed by atoms with van der Waals surface area (Å²) in [6, 6.07) is 3.77. The fourth-order valence-corrected chi connectivity index (χ4v) is 1.64. The van der Waals surface area contributed by atoms with Crippen LogP contribution in [0.4, 0.5) is 0 Å². The Hall–Kier alpha value is -1.35. The van der Waals surface area contributed by atoms with Crippen molar-refractivity contribution in [2.45, 2.75) is 19.7 Å². The predicted molar refractivity (Wildman–Crippen MR) is 61.4 cm³/mol. The third kappa shape index (κ3) is 1.75. The summed E-state index contributed by atoms with van der Waals surface area (Å²) in [6.45, 7) is 3.97. The number of halogens is 1. The van der Waals surface area contributed by atoms with Gasteiger partial charge in [0.2, 0.25) is 0 Å². The normalized spacial score (nSPS) is 10.9. The molecule has 4 heteroatoms. The van der Waals surface area contributed by atoms with E-state index in [9.17, 15) is 4.79 Å². The van der Waals surface area contributed by atoms with Crippen LogP contribution in [0.5, 0.6) is 0 Å². The maximum atomic E-state index is 11.7. The Kier molecular flexibility index (Phi) is 2.49. The SMILES string of the molecule is Cc1cc2nc(CCl)[nH]c(=O)c2cc1C. The number of hydrogen-bond donors (Lipinski definition) is 1. The fraction of sp³-hybridized carbons (Fsp3) is 0.273. The maximum absolute atomic E-state index is 11.7. The molecule has 78 valence electrons. The maximum Gasteiger partial charge on any atom is 0.258 e. The van der Waals surface area contributed by atoms with E-state index < -0.39 is 0 Å². The Bertz CT molecular complexity index is 575. The van der Waals surface area contributed by atoms with E-state index in [0.717, 1.165) is 11.1 Å². The number of aryl methyl sites for hydroxylation is 2. The van der Waals surface area contributed by atoms with Gasteiger partial charge >= 0.3 is 0 Å². The first kappa shape index (κ1) is 10.2. The van der Waals surface area contributed by atoms with Crippen LogP contribution in [0.1, 0.15) is 17.0 Å². The Balaban J connectivity index is 2.86. The summed E-state index contributed by atoms with van der Waals surface area (Å²) >= 11 is 5.64. The van der Waals surface area contributed by atoms with Crippen molar-refractivity contribution in [1.29, 1.82) is 0 Å². The van der Waals surface area contributed by atoms with Gasteiger partial charge < -0.3 is 4.98 Å². The summed E-state index contributed by atoms with van der Waals surface area (Å²) < 4.78 is 0. The van der Waals surface area contributed by atoms with Gasteiger partial charge in [0, 0.05) is 0 Å². The zero-order valence-electron chi connectivity index (χ0n) is 8.60. The third-order valence-corrected chi connectivity index (χ3v) is 2.75. The molecule has 1 heterocycles. The molecule has 0 bridgehead atoms. The molecule has 2 aromatic rings. The van der Waals surface area contributed by atoms with Crippen molar-refractivity contribution < 1.29 is 0 Å². The van der Waals surface area contributed by atoms with Gasteiger partial charge in [-0.3, -0.25) is 4.79 Å². The molecule has 0 saturated carbocycles. The molecule has 15 heavy (non-hydrogen) atoms. The number of H-pyrrole nitrogens is 1. The van der Waals surface area contributed by atoms with Crippen LogP contribution in [0.3, 0.4) is 0 Å². The van der Waals surface area contributed by atoms with Crippen LogP contribution >= 0.6 is 11.6 Å². The number of rotatable bonds is 1. The van der Waals surface area contributed by atoms with Crippen LogP contribution < -0.4 is 5.56 Å². The van der Waals surface area contributed by atoms with Crippen molar-refractivity contribution in [3.8, 4) is 0 Å². The number of alkyl halides is 1. The molecule has 0 unspecified atom stereocenters. The largest absolute Gasteiger partial charge is 0.309 e. The molecular weight excluding hydrogens is 212 g/mol. The van der Waals surface area contributed by atoms with Gasteiger partial charge in [0.1, 0.15) is 5.82 Å². The molecular formula is C11H11ClN2O. The summed E-state index contributed by atoms with van der Waals surface area (Å²) in [5.74, 6) is 0.732. The highest BCUT2D eigenvalue weighted by Gasteiger charge is 2.04. The van der Waals surface area contributed by atoms with E-state index in [1.54, 1.807) is 0 Å². The number of fused-ring (bicyclic) bond motifs is 1. The van der Waals surface area contributed by atoms with Crippen LogP contribution in [0.2, 0.25) is 0 Å². The Morgan fingerprint density at radius 1 is 1.33 bits per heavy atom. The third-order valence-electron chi connectivity index (χ3n) is 2.50. The first-order valence-electron chi connectivity index (χ1n) is 4.68. The highest BCUT2D eigenvalue weighted by Crippen LogP contribution is 2.14. The van der Waals surface area contributed by atoms with E-state index in [1.807, 2.05) is 26.0 Å². The smallest absolute Gasteiger partial charge is 0.258 e. The molecule has 0 aliphatic carbocycles.